The summed E-state index contributed by atoms with van der Waals surface area (Å²) >= 11 is 1.52. The minimum atomic E-state index is 0.361. The van der Waals surface area contributed by atoms with Crippen LogP contribution in [0.4, 0.5) is 5.69 Å². The summed E-state index contributed by atoms with van der Waals surface area (Å²) in [6.07, 6.45) is 6.35. The molecule has 19 heavy (non-hydrogen) atoms. The molecule has 2 aromatic rings. The first kappa shape index (κ1) is 13.4. The van der Waals surface area contributed by atoms with Crippen molar-refractivity contribution in [3.63, 3.8) is 0 Å². The maximum atomic E-state index is 8.72. The minimum absolute atomic E-state index is 0.361. The molecule has 1 aromatic heterocycles. The predicted octanol–water partition coefficient (Wildman–Crippen LogP) is 4.09. The van der Waals surface area contributed by atoms with Crippen LogP contribution in [0.5, 0.6) is 0 Å². The van der Waals surface area contributed by atoms with Gasteiger partial charge in [0.15, 0.2) is 0 Å². The van der Waals surface area contributed by atoms with Gasteiger partial charge in [0.1, 0.15) is 0 Å². The Labute approximate surface area is 117 Å². The fourth-order valence-electron chi connectivity index (χ4n) is 1.86. The third-order valence-electron chi connectivity index (χ3n) is 2.78. The number of aryl methyl sites for hydroxylation is 1. The molecule has 0 atom stereocenters. The summed E-state index contributed by atoms with van der Waals surface area (Å²) in [5.74, 6) is 0. The maximum Gasteiger partial charge on any atom is 0.0876 e. The van der Waals surface area contributed by atoms with E-state index in [0.29, 0.717) is 6.42 Å². The van der Waals surface area contributed by atoms with Gasteiger partial charge in [-0.15, -0.1) is 11.8 Å². The van der Waals surface area contributed by atoms with Gasteiger partial charge >= 0.3 is 0 Å². The van der Waals surface area contributed by atoms with E-state index >= 15 is 0 Å². The highest BCUT2D eigenvalue weighted by Gasteiger charge is 2.02. The fraction of sp³-hybridized carbons (Fsp3) is 0.200. The van der Waals surface area contributed by atoms with E-state index in [1.165, 1.54) is 11.8 Å². The molecule has 2 rings (SSSR count). The van der Waals surface area contributed by atoms with Gasteiger partial charge < -0.3 is 4.57 Å². The molecule has 3 nitrogen and oxygen atoms in total. The zero-order chi connectivity index (χ0) is 13.7. The monoisotopic (exact) mass is 269 g/mol. The Balaban J connectivity index is 2.32. The van der Waals surface area contributed by atoms with E-state index in [2.05, 4.69) is 28.6 Å². The normalized spacial score (nSPS) is 11.3. The van der Waals surface area contributed by atoms with Crippen LogP contribution in [0.15, 0.2) is 47.7 Å². The van der Waals surface area contributed by atoms with Crippen LogP contribution in [-0.4, -0.2) is 15.9 Å². The highest BCUT2D eigenvalue weighted by atomic mass is 32.2. The quantitative estimate of drug-likeness (QED) is 0.622. The molecule has 0 unspecified atom stereocenters. The lowest BCUT2D eigenvalue weighted by Crippen LogP contribution is -1.93. The minimum Gasteiger partial charge on any atom is -0.324 e. The summed E-state index contributed by atoms with van der Waals surface area (Å²) < 4.78 is 2.08. The summed E-state index contributed by atoms with van der Waals surface area (Å²) in [5, 5.41) is 9.57. The molecule has 4 heteroatoms. The van der Waals surface area contributed by atoms with E-state index in [9.17, 15) is 0 Å². The third kappa shape index (κ3) is 3.27. The molecule has 0 aliphatic heterocycles. The average molecular weight is 269 g/mol. The first-order valence-corrected chi connectivity index (χ1v) is 7.19. The van der Waals surface area contributed by atoms with Crippen LogP contribution in [-0.2, 0) is 0 Å². The SMILES string of the molecule is CSC(CC#N)=Nc1ccc(-n2cccc2)c(C)c1. The highest BCUT2D eigenvalue weighted by molar-refractivity contribution is 8.13. The molecule has 0 bridgehead atoms. The van der Waals surface area contributed by atoms with Crippen molar-refractivity contribution < 1.29 is 0 Å². The maximum absolute atomic E-state index is 8.72. The molecule has 1 aromatic carbocycles. The first-order chi connectivity index (χ1) is 9.24. The average Bonchev–Trinajstić information content (AvgIpc) is 2.92. The van der Waals surface area contributed by atoms with Crippen molar-refractivity contribution in [2.24, 2.45) is 4.99 Å². The number of thioether (sulfide) groups is 1. The Hall–Kier alpha value is -1.99. The second-order valence-corrected chi connectivity index (χ2v) is 4.99. The lowest BCUT2D eigenvalue weighted by Gasteiger charge is -2.08. The molecule has 96 valence electrons. The number of nitrogens with zero attached hydrogens (tertiary/aromatic N) is 3. The van der Waals surface area contributed by atoms with Crippen LogP contribution < -0.4 is 0 Å². The highest BCUT2D eigenvalue weighted by Crippen LogP contribution is 2.22. The zero-order valence-electron chi connectivity index (χ0n) is 11.0. The molecule has 0 radical (unpaired) electrons. The lowest BCUT2D eigenvalue weighted by molar-refractivity contribution is 1.06. The molecule has 0 amide bonds. The topological polar surface area (TPSA) is 41.1 Å². The number of rotatable bonds is 3. The fourth-order valence-corrected chi connectivity index (χ4v) is 2.27. The second-order valence-electron chi connectivity index (χ2n) is 4.11. The van der Waals surface area contributed by atoms with Gasteiger partial charge in [0, 0.05) is 18.1 Å². The van der Waals surface area contributed by atoms with Gasteiger partial charge in [0.05, 0.1) is 23.2 Å². The zero-order valence-corrected chi connectivity index (χ0v) is 11.8. The van der Waals surface area contributed by atoms with Gasteiger partial charge in [-0.25, -0.2) is 4.99 Å². The Kier molecular flexibility index (Phi) is 4.43. The number of aliphatic imine (C=N–C) groups is 1. The Morgan fingerprint density at radius 2 is 2.11 bits per heavy atom. The van der Waals surface area contributed by atoms with Gasteiger partial charge in [-0.05, 0) is 49.1 Å². The van der Waals surface area contributed by atoms with Crippen molar-refractivity contribution in [1.82, 2.24) is 4.57 Å². The van der Waals surface area contributed by atoms with Gasteiger partial charge in [-0.1, -0.05) is 0 Å². The van der Waals surface area contributed by atoms with Crippen LogP contribution in [0, 0.1) is 18.3 Å². The standard InChI is InChI=1S/C15H15N3S/c1-12-11-13(17-15(19-2)7-8-16)5-6-14(12)18-9-3-4-10-18/h3-6,9-11H,7H2,1-2H3. The van der Waals surface area contributed by atoms with E-state index in [1.54, 1.807) is 0 Å². The molecular weight excluding hydrogens is 254 g/mol. The molecule has 0 spiro atoms. The van der Waals surface area contributed by atoms with Crippen LogP contribution in [0.3, 0.4) is 0 Å². The van der Waals surface area contributed by atoms with Gasteiger partial charge in [-0.3, -0.25) is 0 Å². The van der Waals surface area contributed by atoms with E-state index in [-0.39, 0.29) is 0 Å². The Morgan fingerprint density at radius 3 is 2.68 bits per heavy atom. The molecule has 0 saturated heterocycles. The van der Waals surface area contributed by atoms with Crippen molar-refractivity contribution in [3.05, 3.63) is 48.3 Å². The van der Waals surface area contributed by atoms with Crippen LogP contribution >= 0.6 is 11.8 Å². The number of hydrogen-bond acceptors (Lipinski definition) is 3. The molecule has 0 aliphatic rings. The molecule has 1 heterocycles. The van der Waals surface area contributed by atoms with Crippen LogP contribution in [0.25, 0.3) is 5.69 Å². The Morgan fingerprint density at radius 1 is 1.37 bits per heavy atom. The third-order valence-corrected chi connectivity index (χ3v) is 3.49. The van der Waals surface area contributed by atoms with E-state index in [1.807, 2.05) is 42.9 Å². The number of hydrogen-bond donors (Lipinski definition) is 0. The summed E-state index contributed by atoms with van der Waals surface area (Å²) in [6.45, 7) is 2.07. The van der Waals surface area contributed by atoms with Gasteiger partial charge in [0.2, 0.25) is 0 Å². The number of aromatic nitrogens is 1. The summed E-state index contributed by atoms with van der Waals surface area (Å²) in [4.78, 5) is 4.50. The van der Waals surface area contributed by atoms with Crippen LogP contribution in [0.1, 0.15) is 12.0 Å². The smallest absolute Gasteiger partial charge is 0.0876 e. The van der Waals surface area contributed by atoms with Crippen LogP contribution in [0.2, 0.25) is 0 Å². The number of nitriles is 1. The summed E-state index contributed by atoms with van der Waals surface area (Å²) in [6, 6.07) is 12.2. The van der Waals surface area contributed by atoms with E-state index in [4.69, 9.17) is 5.26 Å². The molecular formula is C15H15N3S. The van der Waals surface area contributed by atoms with Crippen molar-refractivity contribution in [3.8, 4) is 11.8 Å². The molecule has 0 fully saturated rings. The summed E-state index contributed by atoms with van der Waals surface area (Å²) in [5.41, 5.74) is 3.21. The molecule has 0 aliphatic carbocycles. The predicted molar refractivity (Wildman–Crippen MR) is 81.3 cm³/mol. The molecule has 0 N–H and O–H groups in total. The van der Waals surface area contributed by atoms with Gasteiger partial charge in [0.25, 0.3) is 0 Å². The van der Waals surface area contributed by atoms with Crippen molar-refractivity contribution in [1.29, 1.82) is 5.26 Å². The summed E-state index contributed by atoms with van der Waals surface area (Å²) in [7, 11) is 0. The van der Waals surface area contributed by atoms with E-state index < -0.39 is 0 Å². The van der Waals surface area contributed by atoms with Gasteiger partial charge in [-0.2, -0.15) is 5.26 Å². The lowest BCUT2D eigenvalue weighted by atomic mass is 10.2. The van der Waals surface area contributed by atoms with Crippen molar-refractivity contribution in [2.45, 2.75) is 13.3 Å². The second kappa shape index (κ2) is 6.26. The first-order valence-electron chi connectivity index (χ1n) is 5.97. The van der Waals surface area contributed by atoms with Crippen molar-refractivity contribution in [2.75, 3.05) is 6.26 Å². The van der Waals surface area contributed by atoms with E-state index in [0.717, 1.165) is 22.0 Å². The molecule has 0 saturated carbocycles. The largest absolute Gasteiger partial charge is 0.324 e. The Bertz CT molecular complexity index is 621. The number of benzene rings is 1. The van der Waals surface area contributed by atoms with Crippen molar-refractivity contribution >= 4 is 22.5 Å².